The van der Waals surface area contributed by atoms with Gasteiger partial charge in [-0.25, -0.2) is 0 Å². The molecule has 5 heteroatoms. The van der Waals surface area contributed by atoms with E-state index in [0.717, 1.165) is 44.0 Å². The molecular formula is C18H31ClN2O2. The minimum Gasteiger partial charge on any atom is -0.375 e. The third kappa shape index (κ3) is 3.69. The van der Waals surface area contributed by atoms with Crippen molar-refractivity contribution in [2.75, 3.05) is 33.3 Å². The quantitative estimate of drug-likeness (QED) is 0.853. The van der Waals surface area contributed by atoms with Gasteiger partial charge in [0.2, 0.25) is 5.91 Å². The molecule has 1 heterocycles. The highest BCUT2D eigenvalue weighted by atomic mass is 35.5. The topological polar surface area (TPSA) is 41.6 Å². The Labute approximate surface area is 146 Å². The van der Waals surface area contributed by atoms with Crippen LogP contribution in [-0.4, -0.2) is 50.2 Å². The van der Waals surface area contributed by atoms with Crippen LogP contribution in [0.25, 0.3) is 0 Å². The van der Waals surface area contributed by atoms with Crippen LogP contribution < -0.4 is 5.32 Å². The first-order valence-corrected chi connectivity index (χ1v) is 9.18. The largest absolute Gasteiger partial charge is 0.375 e. The Morgan fingerprint density at radius 3 is 2.30 bits per heavy atom. The van der Waals surface area contributed by atoms with Crippen LogP contribution in [0.1, 0.15) is 44.9 Å². The molecule has 1 atom stereocenters. The van der Waals surface area contributed by atoms with E-state index in [1.165, 1.54) is 38.5 Å². The number of carbonyl (C=O) groups excluding carboxylic acids is 1. The molecule has 1 saturated heterocycles. The molecule has 4 saturated carbocycles. The fourth-order valence-corrected chi connectivity index (χ4v) is 6.18. The van der Waals surface area contributed by atoms with E-state index in [1.807, 2.05) is 11.9 Å². The van der Waals surface area contributed by atoms with Gasteiger partial charge in [-0.2, -0.15) is 0 Å². The van der Waals surface area contributed by atoms with Crippen molar-refractivity contribution >= 4 is 18.3 Å². The molecule has 0 radical (unpaired) electrons. The molecule has 0 spiro atoms. The Balaban J connectivity index is 0.00000156. The lowest BCUT2D eigenvalue weighted by atomic mass is 9.49. The third-order valence-electron chi connectivity index (χ3n) is 6.57. The number of carbonyl (C=O) groups is 1. The number of hydrogen-bond acceptors (Lipinski definition) is 3. The van der Waals surface area contributed by atoms with Crippen LogP contribution in [0.2, 0.25) is 0 Å². The van der Waals surface area contributed by atoms with Crippen LogP contribution in [0.15, 0.2) is 0 Å². The lowest BCUT2D eigenvalue weighted by Gasteiger charge is -2.57. The molecule has 4 nitrogen and oxygen atoms in total. The fourth-order valence-electron chi connectivity index (χ4n) is 6.18. The minimum absolute atomic E-state index is 0. The van der Waals surface area contributed by atoms with Crippen LogP contribution >= 0.6 is 12.4 Å². The molecule has 0 aromatic rings. The molecule has 1 unspecified atom stereocenters. The van der Waals surface area contributed by atoms with Gasteiger partial charge in [0.1, 0.15) is 0 Å². The maximum absolute atomic E-state index is 12.6. The zero-order valence-electron chi connectivity index (χ0n) is 14.3. The average molecular weight is 343 g/mol. The molecule has 1 aliphatic heterocycles. The molecule has 132 valence electrons. The summed E-state index contributed by atoms with van der Waals surface area (Å²) in [6, 6.07) is 0. The summed E-state index contributed by atoms with van der Waals surface area (Å²) < 4.78 is 5.68. The fraction of sp³-hybridized carbons (Fsp3) is 0.944. The van der Waals surface area contributed by atoms with Gasteiger partial charge in [-0.15, -0.1) is 12.4 Å². The van der Waals surface area contributed by atoms with Gasteiger partial charge in [-0.1, -0.05) is 0 Å². The van der Waals surface area contributed by atoms with E-state index in [-0.39, 0.29) is 24.4 Å². The highest BCUT2D eigenvalue weighted by Crippen LogP contribution is 2.60. The Morgan fingerprint density at radius 2 is 1.78 bits per heavy atom. The van der Waals surface area contributed by atoms with Gasteiger partial charge in [0.05, 0.1) is 19.1 Å². The number of ether oxygens (including phenoxy) is 1. The number of nitrogens with one attached hydrogen (secondary N) is 1. The predicted molar refractivity (Wildman–Crippen MR) is 92.7 cm³/mol. The van der Waals surface area contributed by atoms with E-state index >= 15 is 0 Å². The number of amides is 1. The molecule has 5 fully saturated rings. The second-order valence-electron chi connectivity index (χ2n) is 8.57. The first kappa shape index (κ1) is 17.5. The molecule has 23 heavy (non-hydrogen) atoms. The Bertz CT molecular complexity index is 401. The van der Waals surface area contributed by atoms with Crippen molar-refractivity contribution in [1.29, 1.82) is 0 Å². The number of nitrogens with zero attached hydrogens (tertiary/aromatic N) is 1. The predicted octanol–water partition coefficient (Wildman–Crippen LogP) is 2.46. The van der Waals surface area contributed by atoms with E-state index in [9.17, 15) is 4.79 Å². The molecule has 4 bridgehead atoms. The monoisotopic (exact) mass is 342 g/mol. The summed E-state index contributed by atoms with van der Waals surface area (Å²) >= 11 is 0. The maximum Gasteiger partial charge on any atom is 0.224 e. The van der Waals surface area contributed by atoms with Gasteiger partial charge < -0.3 is 15.0 Å². The van der Waals surface area contributed by atoms with Crippen LogP contribution in [0, 0.1) is 23.2 Å². The summed E-state index contributed by atoms with van der Waals surface area (Å²) in [5.41, 5.74) is 0.449. The van der Waals surface area contributed by atoms with E-state index in [2.05, 4.69) is 5.32 Å². The van der Waals surface area contributed by atoms with Gasteiger partial charge in [-0.05, 0) is 61.7 Å². The first-order valence-electron chi connectivity index (χ1n) is 9.18. The summed E-state index contributed by atoms with van der Waals surface area (Å²) in [6.45, 7) is 3.44. The molecule has 4 aliphatic carbocycles. The SMILES string of the molecule is CN(CC12CC3CC(CC(C3)C1)C2)C(=O)CC1CNCCO1.Cl. The van der Waals surface area contributed by atoms with Crippen LogP contribution in [-0.2, 0) is 9.53 Å². The number of hydrogen-bond donors (Lipinski definition) is 1. The lowest BCUT2D eigenvalue weighted by Crippen LogP contribution is -2.52. The van der Waals surface area contributed by atoms with Gasteiger partial charge >= 0.3 is 0 Å². The first-order chi connectivity index (χ1) is 10.6. The second kappa shape index (κ2) is 6.89. The molecule has 5 aliphatic rings. The van der Waals surface area contributed by atoms with Crippen molar-refractivity contribution < 1.29 is 9.53 Å². The summed E-state index contributed by atoms with van der Waals surface area (Å²) in [4.78, 5) is 14.6. The zero-order valence-corrected chi connectivity index (χ0v) is 15.1. The van der Waals surface area contributed by atoms with Gasteiger partial charge in [-0.3, -0.25) is 4.79 Å². The van der Waals surface area contributed by atoms with Crippen molar-refractivity contribution in [3.05, 3.63) is 0 Å². The summed E-state index contributed by atoms with van der Waals surface area (Å²) in [5.74, 6) is 3.14. The molecule has 5 rings (SSSR count). The average Bonchev–Trinajstić information content (AvgIpc) is 2.46. The molecule has 0 aromatic carbocycles. The summed E-state index contributed by atoms with van der Waals surface area (Å²) in [5, 5.41) is 3.31. The Hall–Kier alpha value is -0.320. The summed E-state index contributed by atoms with van der Waals surface area (Å²) in [7, 11) is 2.01. The second-order valence-corrected chi connectivity index (χ2v) is 8.57. The number of rotatable bonds is 4. The smallest absolute Gasteiger partial charge is 0.224 e. The van der Waals surface area contributed by atoms with Crippen LogP contribution in [0.5, 0.6) is 0 Å². The summed E-state index contributed by atoms with van der Waals surface area (Å²) in [6.07, 6.45) is 9.14. The van der Waals surface area contributed by atoms with E-state index in [1.54, 1.807) is 0 Å². The zero-order chi connectivity index (χ0) is 15.2. The normalized spacial score (nSPS) is 41.4. The van der Waals surface area contributed by atoms with Gasteiger partial charge in [0.15, 0.2) is 0 Å². The van der Waals surface area contributed by atoms with Crippen molar-refractivity contribution in [2.24, 2.45) is 23.2 Å². The van der Waals surface area contributed by atoms with Crippen LogP contribution in [0.4, 0.5) is 0 Å². The van der Waals surface area contributed by atoms with Gasteiger partial charge in [0.25, 0.3) is 0 Å². The van der Waals surface area contributed by atoms with E-state index < -0.39 is 0 Å². The maximum atomic E-state index is 12.6. The van der Waals surface area contributed by atoms with Crippen molar-refractivity contribution in [2.45, 2.75) is 51.0 Å². The van der Waals surface area contributed by atoms with Crippen molar-refractivity contribution in [3.63, 3.8) is 0 Å². The minimum atomic E-state index is 0. The number of halogens is 1. The molecule has 0 aromatic heterocycles. The molecule has 1 N–H and O–H groups in total. The number of morpholine rings is 1. The Kier molecular flexibility index (Phi) is 5.24. The molecular weight excluding hydrogens is 312 g/mol. The molecule has 1 amide bonds. The third-order valence-corrected chi connectivity index (χ3v) is 6.57. The standard InChI is InChI=1S/C18H30N2O2.ClH/c1-20(17(21)7-16-11-19-2-3-22-16)12-18-8-13-4-14(9-18)6-15(5-13)10-18;/h13-16,19H,2-12H2,1H3;1H. The van der Waals surface area contributed by atoms with E-state index in [0.29, 0.717) is 11.8 Å². The van der Waals surface area contributed by atoms with Crippen molar-refractivity contribution in [1.82, 2.24) is 10.2 Å². The van der Waals surface area contributed by atoms with Crippen LogP contribution in [0.3, 0.4) is 0 Å². The highest BCUT2D eigenvalue weighted by molar-refractivity contribution is 5.85. The highest BCUT2D eigenvalue weighted by Gasteiger charge is 2.51. The van der Waals surface area contributed by atoms with Crippen molar-refractivity contribution in [3.8, 4) is 0 Å². The lowest BCUT2D eigenvalue weighted by molar-refractivity contribution is -0.138. The van der Waals surface area contributed by atoms with E-state index in [4.69, 9.17) is 4.74 Å². The Morgan fingerprint density at radius 1 is 1.17 bits per heavy atom. The van der Waals surface area contributed by atoms with Gasteiger partial charge in [0, 0.05) is 26.7 Å².